The number of hydrogen-bond donors (Lipinski definition) is 0. The molecule has 1 aliphatic heterocycles. The zero-order chi connectivity index (χ0) is 18.2. The van der Waals surface area contributed by atoms with Gasteiger partial charge in [-0.2, -0.15) is 9.49 Å². The number of sulfone groups is 1. The van der Waals surface area contributed by atoms with Crippen molar-refractivity contribution in [1.82, 2.24) is 14.8 Å². The highest BCUT2D eigenvalue weighted by molar-refractivity contribution is 7.92. The van der Waals surface area contributed by atoms with Crippen molar-refractivity contribution in [1.29, 1.82) is 0 Å². The van der Waals surface area contributed by atoms with E-state index in [1.165, 1.54) is 36.3 Å². The molecule has 2 aromatic rings. The minimum atomic E-state index is -4.16. The lowest BCUT2D eigenvalue weighted by atomic mass is 9.92. The summed E-state index contributed by atoms with van der Waals surface area (Å²) in [5.74, 6) is -1.19. The molecular formula is C16H20F2N4O2S. The molecule has 0 saturated carbocycles. The average molecular weight is 370 g/mol. The number of alkyl halides is 1. The Labute approximate surface area is 145 Å². The van der Waals surface area contributed by atoms with Crippen molar-refractivity contribution >= 4 is 15.5 Å². The van der Waals surface area contributed by atoms with Gasteiger partial charge in [0, 0.05) is 26.1 Å². The molecule has 1 unspecified atom stereocenters. The largest absolute Gasteiger partial charge is 0.370 e. The molecule has 0 aromatic carbocycles. The molecule has 136 valence electrons. The van der Waals surface area contributed by atoms with Crippen LogP contribution in [0.25, 0.3) is 0 Å². The van der Waals surface area contributed by atoms with Gasteiger partial charge >= 0.3 is 0 Å². The summed E-state index contributed by atoms with van der Waals surface area (Å²) >= 11 is 0. The number of rotatable bonds is 4. The van der Waals surface area contributed by atoms with Gasteiger partial charge in [-0.25, -0.2) is 17.8 Å². The van der Waals surface area contributed by atoms with Gasteiger partial charge in [-0.05, 0) is 38.0 Å². The molecule has 1 atom stereocenters. The van der Waals surface area contributed by atoms with Crippen molar-refractivity contribution in [3.05, 3.63) is 36.5 Å². The molecule has 2 aromatic heterocycles. The molecule has 3 rings (SSSR count). The van der Waals surface area contributed by atoms with Gasteiger partial charge in [-0.1, -0.05) is 0 Å². The average Bonchev–Trinajstić information content (AvgIpc) is 3.02. The lowest BCUT2D eigenvalue weighted by Crippen LogP contribution is -2.46. The van der Waals surface area contributed by atoms with Gasteiger partial charge in [0.05, 0.1) is 18.1 Å². The number of hydrogen-bond acceptors (Lipinski definition) is 5. The first-order chi connectivity index (χ1) is 11.7. The van der Waals surface area contributed by atoms with Crippen molar-refractivity contribution in [2.45, 2.75) is 29.8 Å². The Morgan fingerprint density at radius 1 is 1.24 bits per heavy atom. The first kappa shape index (κ1) is 17.8. The molecule has 9 heteroatoms. The topological polar surface area (TPSA) is 68.1 Å². The predicted molar refractivity (Wildman–Crippen MR) is 89.0 cm³/mol. The minimum Gasteiger partial charge on any atom is -0.370 e. The standard InChI is InChI=1S/C16H20F2N4O2S/c1-16(18,25(23,24)15-5-8-20-21(15)2)12-6-9-22(10-7-12)13-3-4-14(17)19-11-13/h3-5,8,11-12H,6-7,9-10H2,1-2H3. The maximum absolute atomic E-state index is 15.4. The van der Waals surface area contributed by atoms with E-state index >= 15 is 4.39 Å². The van der Waals surface area contributed by atoms with E-state index in [1.807, 2.05) is 4.90 Å². The fourth-order valence-electron chi connectivity index (χ4n) is 3.26. The molecule has 0 aliphatic carbocycles. The van der Waals surface area contributed by atoms with Gasteiger partial charge in [0.25, 0.3) is 0 Å². The monoisotopic (exact) mass is 370 g/mol. The Kier molecular flexibility index (Phi) is 4.52. The van der Waals surface area contributed by atoms with Crippen LogP contribution in [0.5, 0.6) is 0 Å². The van der Waals surface area contributed by atoms with Crippen LogP contribution in [0.2, 0.25) is 0 Å². The third-order valence-electron chi connectivity index (χ3n) is 4.88. The lowest BCUT2D eigenvalue weighted by molar-refractivity contribution is 0.165. The SMILES string of the molecule is Cn1nccc1S(=O)(=O)C(C)(F)C1CCN(c2ccc(F)nc2)CC1. The lowest BCUT2D eigenvalue weighted by Gasteiger charge is -2.38. The predicted octanol–water partition coefficient (Wildman–Crippen LogP) is 2.33. The second kappa shape index (κ2) is 6.36. The van der Waals surface area contributed by atoms with Crippen LogP contribution in [0.15, 0.2) is 35.6 Å². The Morgan fingerprint density at radius 3 is 2.44 bits per heavy atom. The van der Waals surface area contributed by atoms with Crippen molar-refractivity contribution in [2.75, 3.05) is 18.0 Å². The summed E-state index contributed by atoms with van der Waals surface area (Å²) in [6.07, 6.45) is 3.52. The molecule has 25 heavy (non-hydrogen) atoms. The highest BCUT2D eigenvalue weighted by Gasteiger charge is 2.49. The number of anilines is 1. The number of nitrogens with zero attached hydrogens (tertiary/aromatic N) is 4. The van der Waals surface area contributed by atoms with Crippen molar-refractivity contribution < 1.29 is 17.2 Å². The maximum atomic E-state index is 15.4. The fraction of sp³-hybridized carbons (Fsp3) is 0.500. The second-order valence-electron chi connectivity index (χ2n) is 6.38. The van der Waals surface area contributed by atoms with E-state index in [9.17, 15) is 12.8 Å². The summed E-state index contributed by atoms with van der Waals surface area (Å²) < 4.78 is 54.9. The minimum absolute atomic E-state index is 0.123. The smallest absolute Gasteiger partial charge is 0.230 e. The molecule has 1 saturated heterocycles. The number of pyridine rings is 1. The van der Waals surface area contributed by atoms with E-state index < -0.39 is 26.7 Å². The second-order valence-corrected chi connectivity index (χ2v) is 8.61. The molecule has 0 bridgehead atoms. The van der Waals surface area contributed by atoms with Crippen LogP contribution in [0.3, 0.4) is 0 Å². The van der Waals surface area contributed by atoms with Gasteiger partial charge in [0.15, 0.2) is 5.03 Å². The Morgan fingerprint density at radius 2 is 1.92 bits per heavy atom. The molecule has 0 amide bonds. The molecule has 0 N–H and O–H groups in total. The van der Waals surface area contributed by atoms with Crippen molar-refractivity contribution in [3.8, 4) is 0 Å². The van der Waals surface area contributed by atoms with E-state index in [4.69, 9.17) is 0 Å². The molecule has 1 fully saturated rings. The van der Waals surface area contributed by atoms with E-state index in [-0.39, 0.29) is 5.03 Å². The van der Waals surface area contributed by atoms with E-state index in [0.29, 0.717) is 25.9 Å². The molecule has 0 spiro atoms. The van der Waals surface area contributed by atoms with Crippen LogP contribution in [0.1, 0.15) is 19.8 Å². The number of halogens is 2. The zero-order valence-corrected chi connectivity index (χ0v) is 14.9. The van der Waals surface area contributed by atoms with Gasteiger partial charge < -0.3 is 4.90 Å². The first-order valence-corrected chi connectivity index (χ1v) is 9.50. The molecule has 6 nitrogen and oxygen atoms in total. The molecular weight excluding hydrogens is 350 g/mol. The van der Waals surface area contributed by atoms with Gasteiger partial charge in [-0.3, -0.25) is 4.68 Å². The highest BCUT2D eigenvalue weighted by atomic mass is 32.2. The van der Waals surface area contributed by atoms with Gasteiger partial charge in [-0.15, -0.1) is 0 Å². The van der Waals surface area contributed by atoms with Crippen LogP contribution in [0.4, 0.5) is 14.5 Å². The van der Waals surface area contributed by atoms with Crippen molar-refractivity contribution in [3.63, 3.8) is 0 Å². The highest BCUT2D eigenvalue weighted by Crippen LogP contribution is 2.39. The fourth-order valence-corrected chi connectivity index (χ4v) is 4.98. The Hall–Kier alpha value is -2.03. The van der Waals surface area contributed by atoms with E-state index in [2.05, 4.69) is 10.1 Å². The maximum Gasteiger partial charge on any atom is 0.230 e. The Balaban J connectivity index is 1.75. The molecule has 0 radical (unpaired) electrons. The summed E-state index contributed by atoms with van der Waals surface area (Å²) in [4.78, 5) is 5.57. The van der Waals surface area contributed by atoms with E-state index in [1.54, 1.807) is 6.07 Å². The van der Waals surface area contributed by atoms with Crippen LogP contribution >= 0.6 is 0 Å². The van der Waals surface area contributed by atoms with Crippen LogP contribution in [0, 0.1) is 11.9 Å². The van der Waals surface area contributed by atoms with Crippen LogP contribution < -0.4 is 4.90 Å². The number of piperidine rings is 1. The summed E-state index contributed by atoms with van der Waals surface area (Å²) in [7, 11) is -2.68. The van der Waals surface area contributed by atoms with Gasteiger partial charge in [0.2, 0.25) is 20.8 Å². The summed E-state index contributed by atoms with van der Waals surface area (Å²) in [5, 5.41) is 1.32. The third-order valence-corrected chi connectivity index (χ3v) is 7.21. The third kappa shape index (κ3) is 3.12. The van der Waals surface area contributed by atoms with Crippen LogP contribution in [-0.4, -0.2) is 41.3 Å². The molecule has 3 heterocycles. The Bertz CT molecular complexity index is 841. The van der Waals surface area contributed by atoms with E-state index in [0.717, 1.165) is 12.6 Å². The first-order valence-electron chi connectivity index (χ1n) is 8.01. The quantitative estimate of drug-likeness (QED) is 0.773. The van der Waals surface area contributed by atoms with Crippen molar-refractivity contribution in [2.24, 2.45) is 13.0 Å². The number of aryl methyl sites for hydroxylation is 1. The number of aromatic nitrogens is 3. The zero-order valence-electron chi connectivity index (χ0n) is 14.1. The normalized spacial score (nSPS) is 19.0. The van der Waals surface area contributed by atoms with Gasteiger partial charge in [0.1, 0.15) is 0 Å². The summed E-state index contributed by atoms with van der Waals surface area (Å²) in [6, 6.07) is 4.20. The van der Waals surface area contributed by atoms with Crippen LogP contribution in [-0.2, 0) is 16.9 Å². The summed E-state index contributed by atoms with van der Waals surface area (Å²) in [5.41, 5.74) is 0.745. The summed E-state index contributed by atoms with van der Waals surface area (Å²) in [6.45, 7) is 2.10. The molecule has 1 aliphatic rings.